The van der Waals surface area contributed by atoms with E-state index in [-0.39, 0.29) is 53.5 Å². The second-order valence-electron chi connectivity index (χ2n) is 11.7. The fourth-order valence-electron chi connectivity index (χ4n) is 5.39. The molecule has 10 nitrogen and oxygen atoms in total. The van der Waals surface area contributed by atoms with Gasteiger partial charge < -0.3 is 21.1 Å². The zero-order valence-corrected chi connectivity index (χ0v) is 27.7. The molecule has 0 bridgehead atoms. The molecule has 3 rings (SSSR count). The lowest BCUT2D eigenvalue weighted by Crippen LogP contribution is -2.53. The molecule has 48 heavy (non-hydrogen) atoms. The Morgan fingerprint density at radius 1 is 0.792 bits per heavy atom. The summed E-state index contributed by atoms with van der Waals surface area (Å²) in [6, 6.07) is 14.9. The second-order valence-corrected chi connectivity index (χ2v) is 11.7. The minimum absolute atomic E-state index is 0.0569. The van der Waals surface area contributed by atoms with Gasteiger partial charge in [-0.05, 0) is 67.1 Å². The summed E-state index contributed by atoms with van der Waals surface area (Å²) in [5.41, 5.74) is 9.29. The molecule has 0 aliphatic rings. The van der Waals surface area contributed by atoms with Crippen LogP contribution in [0, 0.1) is 11.6 Å². The van der Waals surface area contributed by atoms with Crippen molar-refractivity contribution in [3.05, 3.63) is 106 Å². The van der Waals surface area contributed by atoms with E-state index in [1.807, 2.05) is 51.1 Å². The molecule has 0 saturated heterocycles. The number of nitrogens with zero attached hydrogens (tertiary/aromatic N) is 2. The van der Waals surface area contributed by atoms with Crippen LogP contribution in [0.4, 0.5) is 8.78 Å². The Morgan fingerprint density at radius 3 is 1.96 bits per heavy atom. The van der Waals surface area contributed by atoms with Gasteiger partial charge in [0.2, 0.25) is 11.8 Å². The summed E-state index contributed by atoms with van der Waals surface area (Å²) in [4.78, 5) is 53.8. The summed E-state index contributed by atoms with van der Waals surface area (Å²) in [6.07, 6.45) is 0.614. The molecule has 2 atom stereocenters. The highest BCUT2D eigenvalue weighted by molar-refractivity contribution is 6.04. The van der Waals surface area contributed by atoms with Gasteiger partial charge in [0.25, 0.3) is 11.8 Å². The number of rotatable bonds is 18. The van der Waals surface area contributed by atoms with Gasteiger partial charge in [-0.25, -0.2) is 13.8 Å². The van der Waals surface area contributed by atoms with E-state index in [0.717, 1.165) is 17.7 Å². The molecule has 0 fully saturated rings. The molecule has 0 saturated carbocycles. The van der Waals surface area contributed by atoms with Crippen molar-refractivity contribution in [2.75, 3.05) is 26.2 Å². The van der Waals surface area contributed by atoms with Crippen molar-refractivity contribution in [2.24, 2.45) is 5.73 Å². The molecule has 5 N–H and O–H groups in total. The van der Waals surface area contributed by atoms with Gasteiger partial charge in [-0.1, -0.05) is 51.1 Å². The predicted octanol–water partition coefficient (Wildman–Crippen LogP) is 4.01. The third-order valence-electron chi connectivity index (χ3n) is 7.55. The molecule has 3 aromatic rings. The zero-order chi connectivity index (χ0) is 35.2. The zero-order valence-electron chi connectivity index (χ0n) is 27.7. The minimum atomic E-state index is -1.34. The average Bonchev–Trinajstić information content (AvgIpc) is 3.03. The van der Waals surface area contributed by atoms with Crippen LogP contribution >= 0.6 is 0 Å². The molecule has 4 amide bonds. The molecule has 0 aromatic heterocycles. The number of halogens is 2. The van der Waals surface area contributed by atoms with Crippen molar-refractivity contribution >= 4 is 23.6 Å². The number of hydrogen-bond acceptors (Lipinski definition) is 6. The number of nitrogens with one attached hydrogen (secondary N) is 2. The molecular formula is C36H45F2N5O5. The van der Waals surface area contributed by atoms with Gasteiger partial charge in [-0.2, -0.15) is 0 Å². The van der Waals surface area contributed by atoms with Crippen LogP contribution in [-0.4, -0.2) is 77.0 Å². The Hall–Kier alpha value is -4.68. The van der Waals surface area contributed by atoms with Crippen molar-refractivity contribution in [3.63, 3.8) is 0 Å². The van der Waals surface area contributed by atoms with Crippen LogP contribution in [0.2, 0.25) is 0 Å². The summed E-state index contributed by atoms with van der Waals surface area (Å²) in [6.45, 7) is 6.94. The number of primary amides is 1. The highest BCUT2D eigenvalue weighted by Gasteiger charge is 2.27. The third kappa shape index (κ3) is 11.5. The summed E-state index contributed by atoms with van der Waals surface area (Å²) >= 11 is 0. The number of amides is 4. The average molecular weight is 666 g/mol. The van der Waals surface area contributed by atoms with E-state index in [2.05, 4.69) is 10.7 Å². The highest BCUT2D eigenvalue weighted by atomic mass is 19.1. The van der Waals surface area contributed by atoms with Crippen molar-refractivity contribution in [3.8, 4) is 0 Å². The van der Waals surface area contributed by atoms with Crippen molar-refractivity contribution in [2.45, 2.75) is 65.0 Å². The molecular weight excluding hydrogens is 620 g/mol. The first kappa shape index (κ1) is 37.8. The first-order chi connectivity index (χ1) is 22.9. The lowest BCUT2D eigenvalue weighted by atomic mass is 9.99. The Balaban J connectivity index is 1.91. The Labute approximate surface area is 280 Å². The van der Waals surface area contributed by atoms with E-state index in [9.17, 15) is 33.1 Å². The molecule has 0 aliphatic carbocycles. The van der Waals surface area contributed by atoms with Gasteiger partial charge in [0, 0.05) is 48.9 Å². The SMILES string of the molecule is CCCN(CC(O)C(Cc1cc(F)cc(F)c1)NC(=O)c1cc(C(N)=O)cc(C(=O)N(CCC)CCC)c1)NC(=O)Cc1ccccc1. The standard InChI is InChI=1S/C36H45F2N5O5/c1-4-12-42(13-5-2)36(48)28-20-26(34(39)46)19-27(21-28)35(47)40-31(17-25-15-29(37)22-30(38)16-25)32(44)23-43(14-6-3)41-33(45)18-24-10-8-7-9-11-24/h7-11,15-16,19-22,31-32,44H,4-6,12-14,17-18,23H2,1-3H3,(H2,39,46)(H,40,47)(H,41,45). The number of hydrogen-bond donors (Lipinski definition) is 4. The first-order valence-corrected chi connectivity index (χ1v) is 16.2. The number of benzene rings is 3. The van der Waals surface area contributed by atoms with E-state index >= 15 is 0 Å². The second kappa shape index (κ2) is 18.6. The first-order valence-electron chi connectivity index (χ1n) is 16.2. The number of carbonyl (C=O) groups excluding carboxylic acids is 4. The maximum atomic E-state index is 14.1. The molecule has 12 heteroatoms. The summed E-state index contributed by atoms with van der Waals surface area (Å²) < 4.78 is 28.3. The maximum Gasteiger partial charge on any atom is 0.253 e. The van der Waals surface area contributed by atoms with Crippen LogP contribution in [0.15, 0.2) is 66.7 Å². The van der Waals surface area contributed by atoms with E-state index in [4.69, 9.17) is 5.73 Å². The van der Waals surface area contributed by atoms with Crippen molar-refractivity contribution in [1.82, 2.24) is 20.7 Å². The van der Waals surface area contributed by atoms with Gasteiger partial charge >= 0.3 is 0 Å². The van der Waals surface area contributed by atoms with E-state index in [1.54, 1.807) is 4.90 Å². The Kier molecular flexibility index (Phi) is 14.6. The normalized spacial score (nSPS) is 12.3. The molecule has 2 unspecified atom stereocenters. The van der Waals surface area contributed by atoms with Crippen LogP contribution < -0.4 is 16.5 Å². The Bertz CT molecular complexity index is 1530. The molecule has 0 heterocycles. The fraction of sp³-hybridized carbons (Fsp3) is 0.389. The van der Waals surface area contributed by atoms with Gasteiger partial charge in [-0.15, -0.1) is 0 Å². The van der Waals surface area contributed by atoms with Crippen molar-refractivity contribution < 1.29 is 33.1 Å². The van der Waals surface area contributed by atoms with Crippen molar-refractivity contribution in [1.29, 1.82) is 0 Å². The van der Waals surface area contributed by atoms with E-state index in [1.165, 1.54) is 23.2 Å². The predicted molar refractivity (Wildman–Crippen MR) is 179 cm³/mol. The minimum Gasteiger partial charge on any atom is -0.390 e. The smallest absolute Gasteiger partial charge is 0.253 e. The third-order valence-corrected chi connectivity index (χ3v) is 7.55. The number of aliphatic hydroxyl groups is 1. The highest BCUT2D eigenvalue weighted by Crippen LogP contribution is 2.17. The van der Waals surface area contributed by atoms with Crippen LogP contribution in [0.1, 0.15) is 82.2 Å². The number of aliphatic hydroxyl groups excluding tert-OH is 1. The van der Waals surface area contributed by atoms with Crippen LogP contribution in [0.3, 0.4) is 0 Å². The molecule has 0 radical (unpaired) electrons. The van der Waals surface area contributed by atoms with E-state index < -0.39 is 35.6 Å². The molecule has 0 spiro atoms. The molecule has 258 valence electrons. The number of hydrazine groups is 1. The van der Waals surface area contributed by atoms with Gasteiger partial charge in [0.15, 0.2) is 0 Å². The van der Waals surface area contributed by atoms with Gasteiger partial charge in [0.05, 0.1) is 18.6 Å². The quantitative estimate of drug-likeness (QED) is 0.151. The van der Waals surface area contributed by atoms with Gasteiger partial charge in [-0.3, -0.25) is 24.6 Å². The monoisotopic (exact) mass is 665 g/mol. The fourth-order valence-corrected chi connectivity index (χ4v) is 5.39. The Morgan fingerprint density at radius 2 is 1.38 bits per heavy atom. The topological polar surface area (TPSA) is 145 Å². The van der Waals surface area contributed by atoms with E-state index in [0.29, 0.717) is 45.0 Å². The maximum absolute atomic E-state index is 14.1. The summed E-state index contributed by atoms with van der Waals surface area (Å²) in [7, 11) is 0. The molecule has 3 aromatic carbocycles. The molecule has 0 aliphatic heterocycles. The van der Waals surface area contributed by atoms with Crippen LogP contribution in [-0.2, 0) is 17.6 Å². The lowest BCUT2D eigenvalue weighted by Gasteiger charge is -2.30. The number of nitrogens with two attached hydrogens (primary N) is 1. The summed E-state index contributed by atoms with van der Waals surface area (Å²) in [5.74, 6) is -3.93. The van der Waals surface area contributed by atoms with Crippen LogP contribution in [0.5, 0.6) is 0 Å². The number of carbonyl (C=O) groups is 4. The largest absolute Gasteiger partial charge is 0.390 e. The lowest BCUT2D eigenvalue weighted by molar-refractivity contribution is -0.126. The van der Waals surface area contributed by atoms with Crippen LogP contribution in [0.25, 0.3) is 0 Å². The van der Waals surface area contributed by atoms with Gasteiger partial charge in [0.1, 0.15) is 11.6 Å². The summed E-state index contributed by atoms with van der Waals surface area (Å²) in [5, 5.41) is 15.7.